The molecule has 4 nitrogen and oxygen atoms in total. The summed E-state index contributed by atoms with van der Waals surface area (Å²) in [5.41, 5.74) is 0.00938. The lowest BCUT2D eigenvalue weighted by molar-refractivity contribution is -0.137. The van der Waals surface area contributed by atoms with Crippen molar-refractivity contribution in [3.8, 4) is 5.69 Å². The Morgan fingerprint density at radius 1 is 1.35 bits per heavy atom. The van der Waals surface area contributed by atoms with E-state index in [0.29, 0.717) is 24.9 Å². The Morgan fingerprint density at radius 3 is 2.61 bits per heavy atom. The minimum atomic E-state index is -4.46. The van der Waals surface area contributed by atoms with Crippen LogP contribution in [0.1, 0.15) is 21.6 Å². The highest BCUT2D eigenvalue weighted by molar-refractivity contribution is 6.32. The molecule has 0 radical (unpaired) electrons. The van der Waals surface area contributed by atoms with Gasteiger partial charge in [0.2, 0.25) is 0 Å². The fraction of sp³-hybridized carbons (Fsp3) is 0.333. The number of likely N-dealkylation sites (N-methyl/N-ethyl adjacent to an activating group) is 1. The van der Waals surface area contributed by atoms with Gasteiger partial charge in [-0.3, -0.25) is 4.79 Å². The second-order valence-electron chi connectivity index (χ2n) is 5.28. The summed E-state index contributed by atoms with van der Waals surface area (Å²) in [5.74, 6) is 0. The molecular formula is C15H15ClF3N3O. The second kappa shape index (κ2) is 6.72. The van der Waals surface area contributed by atoms with Crippen LogP contribution in [0.2, 0.25) is 5.15 Å². The van der Waals surface area contributed by atoms with E-state index in [-0.39, 0.29) is 16.4 Å². The number of hydrogen-bond acceptors (Lipinski definition) is 3. The van der Waals surface area contributed by atoms with Crippen molar-refractivity contribution in [3.63, 3.8) is 0 Å². The van der Waals surface area contributed by atoms with Gasteiger partial charge in [-0.05, 0) is 32.3 Å². The van der Waals surface area contributed by atoms with Crippen LogP contribution in [0.4, 0.5) is 13.2 Å². The maximum absolute atomic E-state index is 12.8. The standard InChI is InChI=1S/C15H15ClF3N3O/c1-21(2)7-6-13-12(9-23)14(16)22(20-13)11-5-3-4-10(8-11)15(17,18)19/h3-5,8-9H,6-7H2,1-2H3. The third kappa shape index (κ3) is 3.92. The Kier molecular flexibility index (Phi) is 5.11. The molecule has 0 aliphatic heterocycles. The predicted molar refractivity (Wildman–Crippen MR) is 81.2 cm³/mol. The van der Waals surface area contributed by atoms with Crippen molar-refractivity contribution in [2.45, 2.75) is 12.6 Å². The van der Waals surface area contributed by atoms with Gasteiger partial charge in [0.25, 0.3) is 0 Å². The highest BCUT2D eigenvalue weighted by Crippen LogP contribution is 2.31. The van der Waals surface area contributed by atoms with Crippen molar-refractivity contribution in [3.05, 3.63) is 46.2 Å². The zero-order valence-electron chi connectivity index (χ0n) is 12.6. The number of aldehydes is 1. The second-order valence-corrected chi connectivity index (χ2v) is 5.64. The van der Waals surface area contributed by atoms with Crippen molar-refractivity contribution in [2.75, 3.05) is 20.6 Å². The van der Waals surface area contributed by atoms with Gasteiger partial charge in [0.1, 0.15) is 5.15 Å². The Balaban J connectivity index is 2.46. The van der Waals surface area contributed by atoms with Crippen LogP contribution in [0.5, 0.6) is 0 Å². The first-order valence-electron chi connectivity index (χ1n) is 6.79. The highest BCUT2D eigenvalue weighted by atomic mass is 35.5. The molecule has 0 fully saturated rings. The predicted octanol–water partition coefficient (Wildman–Crippen LogP) is 3.46. The first-order valence-corrected chi connectivity index (χ1v) is 7.16. The van der Waals surface area contributed by atoms with Crippen molar-refractivity contribution in [1.82, 2.24) is 14.7 Å². The number of nitrogens with zero attached hydrogens (tertiary/aromatic N) is 3. The molecule has 0 saturated carbocycles. The Morgan fingerprint density at radius 2 is 2.04 bits per heavy atom. The number of halogens is 4. The minimum absolute atomic E-state index is 0.00748. The van der Waals surface area contributed by atoms with E-state index in [1.54, 1.807) is 0 Å². The lowest BCUT2D eigenvalue weighted by atomic mass is 10.2. The molecular weight excluding hydrogens is 331 g/mol. The van der Waals surface area contributed by atoms with E-state index in [1.165, 1.54) is 12.1 Å². The molecule has 0 aliphatic carbocycles. The summed E-state index contributed by atoms with van der Waals surface area (Å²) in [6, 6.07) is 4.65. The molecule has 0 N–H and O–H groups in total. The van der Waals surface area contributed by atoms with Crippen LogP contribution in [-0.4, -0.2) is 41.6 Å². The van der Waals surface area contributed by atoms with E-state index < -0.39 is 11.7 Å². The smallest absolute Gasteiger partial charge is 0.309 e. The quantitative estimate of drug-likeness (QED) is 0.779. The van der Waals surface area contributed by atoms with Crippen LogP contribution in [0.3, 0.4) is 0 Å². The van der Waals surface area contributed by atoms with Gasteiger partial charge in [-0.1, -0.05) is 17.7 Å². The van der Waals surface area contributed by atoms with Gasteiger partial charge >= 0.3 is 6.18 Å². The van der Waals surface area contributed by atoms with Crippen molar-refractivity contribution in [2.24, 2.45) is 0 Å². The SMILES string of the molecule is CN(C)CCc1nn(-c2cccc(C(F)(F)F)c2)c(Cl)c1C=O. The molecule has 1 aromatic heterocycles. The average Bonchev–Trinajstić information content (AvgIpc) is 2.80. The van der Waals surface area contributed by atoms with E-state index in [4.69, 9.17) is 11.6 Å². The summed E-state index contributed by atoms with van der Waals surface area (Å²) in [4.78, 5) is 13.1. The maximum atomic E-state index is 12.8. The number of carbonyl (C=O) groups is 1. The van der Waals surface area contributed by atoms with Crippen LogP contribution >= 0.6 is 11.6 Å². The number of hydrogen-bond donors (Lipinski definition) is 0. The molecule has 8 heteroatoms. The molecule has 0 spiro atoms. The van der Waals surface area contributed by atoms with Gasteiger partial charge in [0.15, 0.2) is 6.29 Å². The van der Waals surface area contributed by atoms with Gasteiger partial charge in [0.05, 0.1) is 22.5 Å². The molecule has 2 rings (SSSR count). The molecule has 124 valence electrons. The van der Waals surface area contributed by atoms with Crippen LogP contribution in [0.15, 0.2) is 24.3 Å². The van der Waals surface area contributed by atoms with Crippen molar-refractivity contribution < 1.29 is 18.0 Å². The normalized spacial score (nSPS) is 12.0. The molecule has 0 unspecified atom stereocenters. The zero-order valence-corrected chi connectivity index (χ0v) is 13.3. The van der Waals surface area contributed by atoms with E-state index >= 15 is 0 Å². The minimum Gasteiger partial charge on any atom is -0.309 e. The summed E-state index contributed by atoms with van der Waals surface area (Å²) in [6.45, 7) is 0.636. The Labute approximate surface area is 136 Å². The molecule has 0 bridgehead atoms. The summed E-state index contributed by atoms with van der Waals surface area (Å²) in [6.07, 6.45) is -3.42. The largest absolute Gasteiger partial charge is 0.416 e. The van der Waals surface area contributed by atoms with Crippen molar-refractivity contribution >= 4 is 17.9 Å². The summed E-state index contributed by atoms with van der Waals surface area (Å²) >= 11 is 6.12. The third-order valence-electron chi connectivity index (χ3n) is 3.27. The average molecular weight is 346 g/mol. The maximum Gasteiger partial charge on any atom is 0.416 e. The third-order valence-corrected chi connectivity index (χ3v) is 3.64. The first-order chi connectivity index (χ1) is 10.7. The molecule has 0 saturated heterocycles. The van der Waals surface area contributed by atoms with E-state index in [1.807, 2.05) is 19.0 Å². The summed E-state index contributed by atoms with van der Waals surface area (Å²) in [5, 5.41) is 4.21. The van der Waals surface area contributed by atoms with Crippen LogP contribution < -0.4 is 0 Å². The molecule has 0 atom stereocenters. The van der Waals surface area contributed by atoms with E-state index in [2.05, 4.69) is 5.10 Å². The zero-order chi connectivity index (χ0) is 17.2. The molecule has 2 aromatic rings. The first kappa shape index (κ1) is 17.5. The number of benzene rings is 1. The molecule has 1 heterocycles. The van der Waals surface area contributed by atoms with Gasteiger partial charge < -0.3 is 4.90 Å². The number of carbonyl (C=O) groups excluding carboxylic acids is 1. The fourth-order valence-corrected chi connectivity index (χ4v) is 2.36. The monoisotopic (exact) mass is 345 g/mol. The van der Waals surface area contributed by atoms with Crippen molar-refractivity contribution in [1.29, 1.82) is 0 Å². The summed E-state index contributed by atoms with van der Waals surface area (Å²) < 4.78 is 39.6. The van der Waals surface area contributed by atoms with Gasteiger partial charge in [0, 0.05) is 13.0 Å². The van der Waals surface area contributed by atoms with Gasteiger partial charge in [-0.15, -0.1) is 0 Å². The lowest BCUT2D eigenvalue weighted by Gasteiger charge is -2.09. The van der Waals surface area contributed by atoms with Gasteiger partial charge in [-0.25, -0.2) is 4.68 Å². The fourth-order valence-electron chi connectivity index (χ4n) is 2.07. The topological polar surface area (TPSA) is 38.1 Å². The number of alkyl halides is 3. The molecule has 1 aromatic carbocycles. The van der Waals surface area contributed by atoms with Crippen LogP contribution in [0, 0.1) is 0 Å². The van der Waals surface area contributed by atoms with Gasteiger partial charge in [-0.2, -0.15) is 18.3 Å². The van der Waals surface area contributed by atoms with Crippen LogP contribution in [0.25, 0.3) is 5.69 Å². The molecule has 23 heavy (non-hydrogen) atoms. The lowest BCUT2D eigenvalue weighted by Crippen LogP contribution is -2.16. The number of aromatic nitrogens is 2. The summed E-state index contributed by atoms with van der Waals surface area (Å²) in [7, 11) is 3.73. The van der Waals surface area contributed by atoms with E-state index in [9.17, 15) is 18.0 Å². The molecule has 0 aliphatic rings. The van der Waals surface area contributed by atoms with Crippen LogP contribution in [-0.2, 0) is 12.6 Å². The molecule has 0 amide bonds. The Hall–Kier alpha value is -1.86. The Bertz CT molecular complexity index is 710. The van der Waals surface area contributed by atoms with E-state index in [0.717, 1.165) is 16.8 Å². The number of rotatable bonds is 5. The highest BCUT2D eigenvalue weighted by Gasteiger charge is 2.31.